The molecule has 0 aliphatic carbocycles. The van der Waals surface area contributed by atoms with Gasteiger partial charge in [-0.3, -0.25) is 38.4 Å². The molecule has 4 N–H and O–H groups in total. The Balaban J connectivity index is 0.000000387. The third kappa shape index (κ3) is 21.0. The maximum absolute atomic E-state index is 11.6. The number of halogens is 1. The van der Waals surface area contributed by atoms with E-state index in [4.69, 9.17) is 36.8 Å². The molecule has 0 atom stereocenters. The maximum atomic E-state index is 11.6. The van der Waals surface area contributed by atoms with Crippen LogP contribution in [0.1, 0.15) is 109 Å². The smallest absolute Gasteiger partial charge is 0.303 e. The van der Waals surface area contributed by atoms with Gasteiger partial charge in [0.05, 0.1) is 32.8 Å². The zero-order valence-electron chi connectivity index (χ0n) is 32.7. The third-order valence-electron chi connectivity index (χ3n) is 7.90. The van der Waals surface area contributed by atoms with E-state index in [2.05, 4.69) is 0 Å². The molecule has 0 aliphatic heterocycles. The van der Waals surface area contributed by atoms with Crippen LogP contribution in [0.2, 0.25) is 5.02 Å². The number of rotatable bonds is 17. The van der Waals surface area contributed by atoms with Crippen LogP contribution in [0.5, 0.6) is 5.75 Å². The predicted octanol–water partition coefficient (Wildman–Crippen LogP) is 8.52. The lowest BCUT2D eigenvalue weighted by Gasteiger charge is -2.04. The van der Waals surface area contributed by atoms with Crippen LogP contribution in [0.4, 0.5) is 0 Å². The molecule has 0 radical (unpaired) electrons. The minimum absolute atomic E-state index is 0.0248. The first kappa shape index (κ1) is 49.5. The Labute approximate surface area is 341 Å². The van der Waals surface area contributed by atoms with E-state index in [1.807, 2.05) is 45.0 Å². The van der Waals surface area contributed by atoms with Crippen molar-refractivity contribution in [2.24, 2.45) is 0 Å². The van der Waals surface area contributed by atoms with Gasteiger partial charge in [-0.05, 0) is 74.9 Å². The number of ketones is 4. The van der Waals surface area contributed by atoms with Crippen molar-refractivity contribution in [2.45, 2.75) is 72.1 Å². The number of carbonyl (C=O) groups is 8. The van der Waals surface area contributed by atoms with Crippen molar-refractivity contribution in [1.82, 2.24) is 0 Å². The van der Waals surface area contributed by atoms with E-state index in [0.29, 0.717) is 33.0 Å². The number of aliphatic carboxylic acids is 4. The summed E-state index contributed by atoms with van der Waals surface area (Å²) < 4.78 is 4.94. The van der Waals surface area contributed by atoms with E-state index in [0.717, 1.165) is 16.7 Å². The van der Waals surface area contributed by atoms with Crippen LogP contribution in [-0.2, 0) is 19.2 Å². The number of Topliss-reactive ketones (excluding diaryl/α,β-unsaturated/α-hetero) is 4. The second-order valence-electron chi connectivity index (χ2n) is 12.7. The summed E-state index contributed by atoms with van der Waals surface area (Å²) in [4.78, 5) is 86.9. The fraction of sp³-hybridized carbons (Fsp3) is 0.273. The summed E-state index contributed by atoms with van der Waals surface area (Å²) >= 11 is 5.64. The lowest BCUT2D eigenvalue weighted by atomic mass is 10.00. The minimum Gasteiger partial charge on any atom is -0.497 e. The number of ether oxygens (including phenoxy) is 1. The van der Waals surface area contributed by atoms with Crippen molar-refractivity contribution in [2.75, 3.05) is 7.11 Å². The van der Waals surface area contributed by atoms with Crippen LogP contribution in [-0.4, -0.2) is 74.5 Å². The molecular formula is C44H47ClO13. The van der Waals surface area contributed by atoms with Crippen LogP contribution < -0.4 is 4.74 Å². The van der Waals surface area contributed by atoms with E-state index < -0.39 is 23.9 Å². The highest BCUT2D eigenvalue weighted by Crippen LogP contribution is 2.15. The largest absolute Gasteiger partial charge is 0.497 e. The standard InChI is InChI=1S/C12H14O3.C11H12O4.C11H12O3.C10H9ClO3/c1-8-3-4-10(9(2)7-8)11(13)5-6-12(14)15;1-15-9-4-2-8(3-5-9)10(12)6-7-11(13)14;1-8-2-4-9(5-3-8)10(12)6-7-11(13)14;11-8-3-1-7(2-4-8)9(12)5-6-10(13)14/h3-4,7H,5-6H2,1-2H3,(H,14,15);2-5H,6-7H2,1H3,(H,13,14);2-5H,6-7H2,1H3,(H,13,14);1-4H,5-6H2,(H,13,14). The van der Waals surface area contributed by atoms with Crippen molar-refractivity contribution in [3.05, 3.63) is 135 Å². The topological polar surface area (TPSA) is 227 Å². The summed E-state index contributed by atoms with van der Waals surface area (Å²) in [5.41, 5.74) is 5.30. The lowest BCUT2D eigenvalue weighted by molar-refractivity contribution is -0.137. The van der Waals surface area contributed by atoms with Gasteiger partial charge < -0.3 is 25.2 Å². The van der Waals surface area contributed by atoms with Crippen molar-refractivity contribution < 1.29 is 63.5 Å². The first-order chi connectivity index (χ1) is 27.3. The quantitative estimate of drug-likeness (QED) is 0.0734. The Kier molecular flexibility index (Phi) is 22.5. The van der Waals surface area contributed by atoms with Crippen LogP contribution in [0, 0.1) is 20.8 Å². The molecule has 0 unspecified atom stereocenters. The van der Waals surface area contributed by atoms with Crippen molar-refractivity contribution in [3.8, 4) is 5.75 Å². The molecular weight excluding hydrogens is 772 g/mol. The molecule has 0 bridgehead atoms. The van der Waals surface area contributed by atoms with Crippen molar-refractivity contribution in [3.63, 3.8) is 0 Å². The number of hydrogen-bond acceptors (Lipinski definition) is 9. The second kappa shape index (κ2) is 26.4. The van der Waals surface area contributed by atoms with Gasteiger partial charge in [-0.15, -0.1) is 0 Å². The summed E-state index contributed by atoms with van der Waals surface area (Å²) in [5.74, 6) is -3.70. The average molecular weight is 819 g/mol. The highest BCUT2D eigenvalue weighted by atomic mass is 35.5. The van der Waals surface area contributed by atoms with Crippen LogP contribution in [0.3, 0.4) is 0 Å². The highest BCUT2D eigenvalue weighted by molar-refractivity contribution is 6.30. The van der Waals surface area contributed by atoms with Gasteiger partial charge in [-0.1, -0.05) is 65.2 Å². The van der Waals surface area contributed by atoms with Crippen LogP contribution >= 0.6 is 11.6 Å². The van der Waals surface area contributed by atoms with E-state index >= 15 is 0 Å². The Morgan fingerprint density at radius 3 is 1.12 bits per heavy atom. The summed E-state index contributed by atoms with van der Waals surface area (Å²) in [7, 11) is 1.54. The van der Waals surface area contributed by atoms with Gasteiger partial charge in [0.1, 0.15) is 5.75 Å². The van der Waals surface area contributed by atoms with Gasteiger partial charge in [0, 0.05) is 53.0 Å². The maximum Gasteiger partial charge on any atom is 0.303 e. The molecule has 0 spiro atoms. The summed E-state index contributed by atoms with van der Waals surface area (Å²) in [6, 6.07) is 25.7. The Morgan fingerprint density at radius 1 is 0.448 bits per heavy atom. The van der Waals surface area contributed by atoms with E-state index in [1.54, 1.807) is 73.8 Å². The van der Waals surface area contributed by atoms with Gasteiger partial charge in [0.2, 0.25) is 0 Å². The number of carboxylic acids is 4. The molecule has 58 heavy (non-hydrogen) atoms. The Hall–Kier alpha value is -6.47. The molecule has 4 aromatic carbocycles. The van der Waals surface area contributed by atoms with Crippen molar-refractivity contribution >= 4 is 58.6 Å². The lowest BCUT2D eigenvalue weighted by Crippen LogP contribution is -2.05. The van der Waals surface area contributed by atoms with E-state index in [-0.39, 0.29) is 74.5 Å². The van der Waals surface area contributed by atoms with Crippen LogP contribution in [0.25, 0.3) is 0 Å². The zero-order valence-corrected chi connectivity index (χ0v) is 33.4. The monoisotopic (exact) mass is 818 g/mol. The molecule has 0 heterocycles. The molecule has 4 rings (SSSR count). The van der Waals surface area contributed by atoms with Crippen molar-refractivity contribution in [1.29, 1.82) is 0 Å². The first-order valence-electron chi connectivity index (χ1n) is 17.9. The second-order valence-corrected chi connectivity index (χ2v) is 13.1. The minimum atomic E-state index is -0.965. The molecule has 0 fully saturated rings. The van der Waals surface area contributed by atoms with Gasteiger partial charge >= 0.3 is 23.9 Å². The molecule has 0 aliphatic rings. The fourth-order valence-electron chi connectivity index (χ4n) is 4.73. The molecule has 0 saturated heterocycles. The molecule has 14 heteroatoms. The zero-order chi connectivity index (χ0) is 43.8. The third-order valence-corrected chi connectivity index (χ3v) is 8.15. The molecule has 4 aromatic rings. The summed E-state index contributed by atoms with van der Waals surface area (Å²) in [6.45, 7) is 5.75. The van der Waals surface area contributed by atoms with Crippen LogP contribution in [0.15, 0.2) is 91.0 Å². The first-order valence-corrected chi connectivity index (χ1v) is 18.2. The Morgan fingerprint density at radius 2 is 0.776 bits per heavy atom. The number of methoxy groups -OCH3 is 1. The molecule has 13 nitrogen and oxygen atoms in total. The number of carboxylic acid groups (broad SMARTS) is 4. The average Bonchev–Trinajstić information content (AvgIpc) is 3.18. The molecule has 308 valence electrons. The van der Waals surface area contributed by atoms with E-state index in [1.165, 1.54) is 0 Å². The van der Waals surface area contributed by atoms with Gasteiger partial charge in [0.15, 0.2) is 23.1 Å². The SMILES string of the molecule is COc1ccc(C(=O)CCC(=O)O)cc1.Cc1ccc(C(=O)CCC(=O)O)c(C)c1.Cc1ccc(C(=O)CCC(=O)O)cc1.O=C(O)CCC(=O)c1ccc(Cl)cc1. The normalized spacial score (nSPS) is 9.81. The number of benzene rings is 4. The predicted molar refractivity (Wildman–Crippen MR) is 216 cm³/mol. The fourth-order valence-corrected chi connectivity index (χ4v) is 4.85. The molecule has 0 aromatic heterocycles. The summed E-state index contributed by atoms with van der Waals surface area (Å²) in [5, 5.41) is 34.2. The van der Waals surface area contributed by atoms with E-state index in [9.17, 15) is 38.4 Å². The van der Waals surface area contributed by atoms with Gasteiger partial charge in [-0.2, -0.15) is 0 Å². The highest BCUT2D eigenvalue weighted by Gasteiger charge is 2.12. The van der Waals surface area contributed by atoms with Gasteiger partial charge in [0.25, 0.3) is 0 Å². The number of carbonyl (C=O) groups excluding carboxylic acids is 4. The molecule has 0 amide bonds. The number of aryl methyl sites for hydroxylation is 3. The Bertz CT molecular complexity index is 1950. The summed E-state index contributed by atoms with van der Waals surface area (Å²) in [6.07, 6.45) is -0.290. The van der Waals surface area contributed by atoms with Gasteiger partial charge in [-0.25, -0.2) is 0 Å². The number of hydrogen-bond donors (Lipinski definition) is 4. The molecule has 0 saturated carbocycles.